The molecule has 0 amide bonds. The fraction of sp³-hybridized carbons (Fsp3) is 0.833. The number of carboxylic acids is 2. The molecule has 6 N–H and O–H groups in total. The van der Waals surface area contributed by atoms with Crippen LogP contribution in [-0.4, -0.2) is 90.7 Å². The minimum Gasteiger partial charge on any atom is -0.481 e. The molecule has 0 atom stereocenters. The monoisotopic (exact) mass is 492 g/mol. The molecular weight excluding hydrogens is 465 g/mol. The summed E-state index contributed by atoms with van der Waals surface area (Å²) in [5.74, 6) is 0.936. The first-order valence-corrected chi connectivity index (χ1v) is 13.2. The summed E-state index contributed by atoms with van der Waals surface area (Å²) in [5.41, 5.74) is 0. The molecule has 0 fully saturated rings. The van der Waals surface area contributed by atoms with Gasteiger partial charge in [-0.2, -0.15) is 25.3 Å². The normalized spacial score (nSPS) is 8.85. The average Bonchev–Trinajstić information content (AvgIpc) is 2.58. The lowest BCUT2D eigenvalue weighted by atomic mass is 10.5. The van der Waals surface area contributed by atoms with E-state index in [-0.39, 0.29) is 37.9 Å². The third-order valence-electron chi connectivity index (χ3n) is 1.27. The molecule has 8 nitrogen and oxygen atoms in total. The summed E-state index contributed by atoms with van der Waals surface area (Å²) in [5, 5.41) is 48.3. The lowest BCUT2D eigenvalue weighted by Gasteiger charge is -1.93. The number of carboxylic acid groups (broad SMARTS) is 2. The van der Waals surface area contributed by atoms with Crippen molar-refractivity contribution in [2.45, 2.75) is 12.8 Å². The maximum atomic E-state index is 9.55. The Balaban J connectivity index is -0.000000125. The topological polar surface area (TPSA) is 156 Å². The Labute approximate surface area is 180 Å². The van der Waals surface area contributed by atoms with Crippen molar-refractivity contribution < 1.29 is 40.2 Å². The quantitative estimate of drug-likeness (QED) is 0.0859. The fourth-order valence-electron chi connectivity index (χ4n) is 0.458. The van der Waals surface area contributed by atoms with Gasteiger partial charge in [-0.3, -0.25) is 9.59 Å². The second-order valence-electron chi connectivity index (χ2n) is 3.32. The van der Waals surface area contributed by atoms with Gasteiger partial charge < -0.3 is 30.6 Å². The molecule has 0 aliphatic rings. The highest BCUT2D eigenvalue weighted by Gasteiger charge is 1.88. The first-order chi connectivity index (χ1) is 12.4. The van der Waals surface area contributed by atoms with Gasteiger partial charge in [0, 0.05) is 23.0 Å². The van der Waals surface area contributed by atoms with Crippen molar-refractivity contribution in [1.82, 2.24) is 0 Å². The second-order valence-corrected chi connectivity index (χ2v) is 9.32. The third kappa shape index (κ3) is 64.1. The Bertz CT molecular complexity index is 250. The highest BCUT2D eigenvalue weighted by atomic mass is 33.1. The van der Waals surface area contributed by atoms with Gasteiger partial charge in [0.25, 0.3) is 0 Å². The van der Waals surface area contributed by atoms with Crippen molar-refractivity contribution in [3.05, 3.63) is 0 Å². The van der Waals surface area contributed by atoms with Crippen molar-refractivity contribution in [3.8, 4) is 0 Å². The first-order valence-electron chi connectivity index (χ1n) is 6.95. The lowest BCUT2D eigenvalue weighted by molar-refractivity contribution is -0.137. The van der Waals surface area contributed by atoms with E-state index < -0.39 is 11.9 Å². The van der Waals surface area contributed by atoms with Crippen LogP contribution in [0.5, 0.6) is 0 Å². The van der Waals surface area contributed by atoms with Crippen LogP contribution < -0.4 is 0 Å². The van der Waals surface area contributed by atoms with E-state index in [1.807, 2.05) is 0 Å². The lowest BCUT2D eigenvalue weighted by Crippen LogP contribution is -1.93. The summed E-state index contributed by atoms with van der Waals surface area (Å²) in [6.45, 7) is 0.451. The standard InChI is InChI=1S/C4H10O2S2.2C3H6O2S.C2H6O2S2/c5-1-3-7-8-4-2-6;2*4-3(5)1-2-6;3-1-5-6-2-4/h5-6H,1-4H2;2*6H,1-2H2,(H,4,5);3-4H,1-2H2. The second kappa shape index (κ2) is 36.7. The molecule has 160 valence electrons. The number of aliphatic carboxylic acids is 2. The summed E-state index contributed by atoms with van der Waals surface area (Å²) in [7, 11) is 5.63. The van der Waals surface area contributed by atoms with E-state index in [0.717, 1.165) is 11.5 Å². The van der Waals surface area contributed by atoms with Crippen molar-refractivity contribution in [2.75, 3.05) is 48.1 Å². The van der Waals surface area contributed by atoms with Crippen LogP contribution >= 0.6 is 68.4 Å². The molecule has 0 aliphatic heterocycles. The van der Waals surface area contributed by atoms with E-state index >= 15 is 0 Å². The van der Waals surface area contributed by atoms with Gasteiger partial charge in [0.05, 0.1) is 37.9 Å². The van der Waals surface area contributed by atoms with E-state index in [4.69, 9.17) is 30.6 Å². The first kappa shape index (κ1) is 34.4. The van der Waals surface area contributed by atoms with Crippen LogP contribution in [-0.2, 0) is 9.59 Å². The van der Waals surface area contributed by atoms with Crippen LogP contribution in [0.3, 0.4) is 0 Å². The molecule has 0 spiro atoms. The van der Waals surface area contributed by atoms with E-state index in [2.05, 4.69) is 25.3 Å². The fourth-order valence-corrected chi connectivity index (χ4v) is 2.98. The number of aliphatic hydroxyl groups is 4. The Kier molecular flexibility index (Phi) is 48.6. The summed E-state index contributed by atoms with van der Waals surface area (Å²) in [6, 6.07) is 0. The van der Waals surface area contributed by atoms with E-state index in [1.165, 1.54) is 21.6 Å². The molecule has 26 heavy (non-hydrogen) atoms. The predicted octanol–water partition coefficient (Wildman–Crippen LogP) is 1.40. The van der Waals surface area contributed by atoms with Crippen LogP contribution in [0.15, 0.2) is 0 Å². The number of carbonyl (C=O) groups is 2. The molecule has 0 aromatic heterocycles. The molecule has 0 saturated heterocycles. The summed E-state index contributed by atoms with van der Waals surface area (Å²) in [6.07, 6.45) is 0.312. The van der Waals surface area contributed by atoms with Crippen molar-refractivity contribution in [3.63, 3.8) is 0 Å². The molecule has 0 aliphatic carbocycles. The highest BCUT2D eigenvalue weighted by Crippen LogP contribution is 2.18. The van der Waals surface area contributed by atoms with Crippen molar-refractivity contribution in [1.29, 1.82) is 0 Å². The molecule has 0 aromatic carbocycles. The zero-order valence-corrected chi connectivity index (χ0v) is 19.2. The van der Waals surface area contributed by atoms with Gasteiger partial charge >= 0.3 is 11.9 Å². The minimum atomic E-state index is -0.787. The molecule has 0 saturated carbocycles. The number of aliphatic hydroxyl groups excluding tert-OH is 4. The smallest absolute Gasteiger partial charge is 0.304 e. The van der Waals surface area contributed by atoms with Crippen molar-refractivity contribution in [2.24, 2.45) is 0 Å². The van der Waals surface area contributed by atoms with Crippen LogP contribution in [0.4, 0.5) is 0 Å². The Morgan fingerprint density at radius 1 is 0.654 bits per heavy atom. The van der Waals surface area contributed by atoms with Gasteiger partial charge in [-0.25, -0.2) is 0 Å². The number of rotatable bonds is 12. The number of thiol groups is 2. The summed E-state index contributed by atoms with van der Waals surface area (Å²) >= 11 is 7.36. The Morgan fingerprint density at radius 3 is 1.08 bits per heavy atom. The summed E-state index contributed by atoms with van der Waals surface area (Å²) in [4.78, 5) is 19.1. The van der Waals surface area contributed by atoms with Gasteiger partial charge in [-0.05, 0) is 0 Å². The molecule has 0 unspecified atom stereocenters. The van der Waals surface area contributed by atoms with Crippen LogP contribution in [0, 0.1) is 0 Å². The minimum absolute atomic E-state index is 0.0746. The molecule has 0 heterocycles. The maximum Gasteiger partial charge on any atom is 0.304 e. The Hall–Kier alpha value is 0.880. The summed E-state index contributed by atoms with van der Waals surface area (Å²) < 4.78 is 0. The molecule has 0 bridgehead atoms. The molecule has 0 aromatic rings. The van der Waals surface area contributed by atoms with E-state index in [0.29, 0.717) is 11.5 Å². The largest absolute Gasteiger partial charge is 0.481 e. The van der Waals surface area contributed by atoms with Crippen molar-refractivity contribution >= 4 is 80.4 Å². The SMILES string of the molecule is O=C(O)CCS.O=C(O)CCS.OCCSSCCO.OCSSCO. The zero-order chi connectivity index (χ0) is 21.1. The Morgan fingerprint density at radius 2 is 0.962 bits per heavy atom. The predicted molar refractivity (Wildman–Crippen MR) is 121 cm³/mol. The number of hydrogen-bond acceptors (Lipinski definition) is 12. The van der Waals surface area contributed by atoms with Gasteiger partial charge in [0.15, 0.2) is 0 Å². The van der Waals surface area contributed by atoms with E-state index in [9.17, 15) is 9.59 Å². The van der Waals surface area contributed by atoms with Crippen LogP contribution in [0.25, 0.3) is 0 Å². The maximum absolute atomic E-state index is 9.55. The third-order valence-corrected chi connectivity index (χ3v) is 5.59. The van der Waals surface area contributed by atoms with E-state index in [1.54, 1.807) is 21.6 Å². The van der Waals surface area contributed by atoms with Gasteiger partial charge in [0.2, 0.25) is 0 Å². The van der Waals surface area contributed by atoms with Gasteiger partial charge in [0.1, 0.15) is 0 Å². The van der Waals surface area contributed by atoms with Crippen LogP contribution in [0.1, 0.15) is 12.8 Å². The molecule has 0 rings (SSSR count). The average molecular weight is 493 g/mol. The van der Waals surface area contributed by atoms with Gasteiger partial charge in [-0.15, -0.1) is 0 Å². The molecular formula is C12H28O8S6. The van der Waals surface area contributed by atoms with Gasteiger partial charge in [-0.1, -0.05) is 43.2 Å². The number of hydrogen-bond donors (Lipinski definition) is 8. The zero-order valence-electron chi connectivity index (χ0n) is 14.1. The highest BCUT2D eigenvalue weighted by molar-refractivity contribution is 8.77. The molecule has 14 heteroatoms. The van der Waals surface area contributed by atoms with Crippen LogP contribution in [0.2, 0.25) is 0 Å². The molecule has 0 radical (unpaired) electrons.